The van der Waals surface area contributed by atoms with Gasteiger partial charge in [-0.3, -0.25) is 0 Å². The van der Waals surface area contributed by atoms with Gasteiger partial charge in [0.2, 0.25) is 0 Å². The summed E-state index contributed by atoms with van der Waals surface area (Å²) in [5, 5.41) is 0. The Hall–Kier alpha value is -0.340. The van der Waals surface area contributed by atoms with Crippen LogP contribution in [0, 0.1) is 0 Å². The van der Waals surface area contributed by atoms with E-state index in [1.807, 2.05) is 12.1 Å². The summed E-state index contributed by atoms with van der Waals surface area (Å²) in [6.07, 6.45) is 2.57. The lowest BCUT2D eigenvalue weighted by molar-refractivity contribution is -0.108. The van der Waals surface area contributed by atoms with Gasteiger partial charge in [0.05, 0.1) is 4.34 Å². The summed E-state index contributed by atoms with van der Waals surface area (Å²) in [7, 11) is 0. The van der Waals surface area contributed by atoms with Crippen LogP contribution in [0.4, 0.5) is 0 Å². The molecule has 12 heavy (non-hydrogen) atoms. The second-order valence-electron chi connectivity index (χ2n) is 2.65. The van der Waals surface area contributed by atoms with E-state index in [2.05, 4.69) is 6.92 Å². The largest absolute Gasteiger partial charge is 0.303 e. The van der Waals surface area contributed by atoms with Crippen LogP contribution in [-0.2, 0) is 4.79 Å². The summed E-state index contributed by atoms with van der Waals surface area (Å²) in [6, 6.07) is 3.89. The van der Waals surface area contributed by atoms with Crippen LogP contribution in [0.25, 0.3) is 0 Å². The normalized spacial score (nSPS) is 12.8. The van der Waals surface area contributed by atoms with E-state index in [-0.39, 0.29) is 0 Å². The smallest absolute Gasteiger partial charge is 0.120 e. The Morgan fingerprint density at radius 3 is 2.83 bits per heavy atom. The van der Waals surface area contributed by atoms with Crippen LogP contribution in [0.3, 0.4) is 0 Å². The molecule has 0 aliphatic heterocycles. The summed E-state index contributed by atoms with van der Waals surface area (Å²) < 4.78 is 0.800. The van der Waals surface area contributed by atoms with E-state index in [1.165, 1.54) is 4.88 Å². The molecule has 1 nitrogen and oxygen atoms in total. The molecule has 1 atom stereocenters. The molecule has 0 aliphatic rings. The minimum atomic E-state index is 0.361. The molecule has 1 aromatic heterocycles. The van der Waals surface area contributed by atoms with E-state index in [4.69, 9.17) is 11.6 Å². The maximum Gasteiger partial charge on any atom is 0.120 e. The van der Waals surface area contributed by atoms with E-state index >= 15 is 0 Å². The summed E-state index contributed by atoms with van der Waals surface area (Å²) in [6.45, 7) is 2.09. The van der Waals surface area contributed by atoms with E-state index in [1.54, 1.807) is 11.3 Å². The van der Waals surface area contributed by atoms with Crippen molar-refractivity contribution in [2.75, 3.05) is 0 Å². The maximum atomic E-state index is 10.3. The first kappa shape index (κ1) is 9.75. The van der Waals surface area contributed by atoms with Crippen LogP contribution in [-0.4, -0.2) is 6.29 Å². The Morgan fingerprint density at radius 2 is 2.42 bits per heavy atom. The molecule has 1 heterocycles. The number of rotatable bonds is 4. The van der Waals surface area contributed by atoms with E-state index < -0.39 is 0 Å². The van der Waals surface area contributed by atoms with Gasteiger partial charge in [0.25, 0.3) is 0 Å². The number of hydrogen-bond donors (Lipinski definition) is 0. The first-order valence-corrected chi connectivity index (χ1v) is 5.16. The fourth-order valence-corrected chi connectivity index (χ4v) is 2.41. The van der Waals surface area contributed by atoms with E-state index in [0.717, 1.165) is 17.0 Å². The molecule has 0 radical (unpaired) electrons. The van der Waals surface area contributed by atoms with Gasteiger partial charge in [0.1, 0.15) is 6.29 Å². The number of carbonyl (C=O) groups is 1. The summed E-state index contributed by atoms with van der Waals surface area (Å²) in [5.74, 6) is 0.361. The molecule has 66 valence electrons. The Labute approximate surface area is 81.4 Å². The fraction of sp³-hybridized carbons (Fsp3) is 0.444. The van der Waals surface area contributed by atoms with Crippen LogP contribution >= 0.6 is 22.9 Å². The zero-order valence-corrected chi connectivity index (χ0v) is 8.49. The van der Waals surface area contributed by atoms with Crippen LogP contribution in [0.2, 0.25) is 4.34 Å². The number of aldehydes is 1. The Kier molecular flexibility index (Phi) is 3.76. The molecule has 1 unspecified atom stereocenters. The molecule has 0 bridgehead atoms. The van der Waals surface area contributed by atoms with Crippen molar-refractivity contribution in [2.45, 2.75) is 25.7 Å². The molecular formula is C9H11ClOS. The van der Waals surface area contributed by atoms with Gasteiger partial charge in [-0.05, 0) is 24.5 Å². The highest BCUT2D eigenvalue weighted by Crippen LogP contribution is 2.31. The minimum absolute atomic E-state index is 0.361. The number of thiophene rings is 1. The van der Waals surface area contributed by atoms with Crippen molar-refractivity contribution in [3.05, 3.63) is 21.3 Å². The summed E-state index contributed by atoms with van der Waals surface area (Å²) >= 11 is 7.36. The van der Waals surface area contributed by atoms with Crippen molar-refractivity contribution in [1.29, 1.82) is 0 Å². The monoisotopic (exact) mass is 202 g/mol. The molecule has 0 saturated heterocycles. The van der Waals surface area contributed by atoms with E-state index in [0.29, 0.717) is 12.3 Å². The molecule has 0 aliphatic carbocycles. The van der Waals surface area contributed by atoms with Gasteiger partial charge >= 0.3 is 0 Å². The fourth-order valence-electron chi connectivity index (χ4n) is 1.15. The van der Waals surface area contributed by atoms with Crippen molar-refractivity contribution in [1.82, 2.24) is 0 Å². The van der Waals surface area contributed by atoms with Gasteiger partial charge in [-0.1, -0.05) is 18.5 Å². The SMILES string of the molecule is CCC(CC=O)c1ccc(Cl)s1. The molecule has 0 spiro atoms. The average molecular weight is 203 g/mol. The van der Waals surface area contributed by atoms with Crippen LogP contribution in [0.5, 0.6) is 0 Å². The van der Waals surface area contributed by atoms with Crippen molar-refractivity contribution < 1.29 is 4.79 Å². The standard InChI is InChI=1S/C9H11ClOS/c1-2-7(5-6-11)8-3-4-9(10)12-8/h3-4,6-7H,2,5H2,1H3. The maximum absolute atomic E-state index is 10.3. The van der Waals surface area contributed by atoms with E-state index in [9.17, 15) is 4.79 Å². The van der Waals surface area contributed by atoms with Gasteiger partial charge in [-0.25, -0.2) is 0 Å². The van der Waals surface area contributed by atoms with Crippen LogP contribution < -0.4 is 0 Å². The van der Waals surface area contributed by atoms with Gasteiger partial charge in [0.15, 0.2) is 0 Å². The molecule has 0 aromatic carbocycles. The van der Waals surface area contributed by atoms with Crippen molar-refractivity contribution in [3.8, 4) is 0 Å². The van der Waals surface area contributed by atoms with Crippen molar-refractivity contribution in [2.24, 2.45) is 0 Å². The number of hydrogen-bond acceptors (Lipinski definition) is 2. The topological polar surface area (TPSA) is 17.1 Å². The van der Waals surface area contributed by atoms with Crippen LogP contribution in [0.15, 0.2) is 12.1 Å². The third-order valence-electron chi connectivity index (χ3n) is 1.87. The number of halogens is 1. The summed E-state index contributed by atoms with van der Waals surface area (Å²) in [4.78, 5) is 11.5. The third-order valence-corrected chi connectivity index (χ3v) is 3.26. The van der Waals surface area contributed by atoms with Gasteiger partial charge in [0, 0.05) is 11.3 Å². The second kappa shape index (κ2) is 4.63. The highest BCUT2D eigenvalue weighted by Gasteiger charge is 2.10. The first-order valence-electron chi connectivity index (χ1n) is 3.96. The summed E-state index contributed by atoms with van der Waals surface area (Å²) in [5.41, 5.74) is 0. The molecule has 1 aromatic rings. The highest BCUT2D eigenvalue weighted by atomic mass is 35.5. The Bertz CT molecular complexity index is 257. The zero-order valence-electron chi connectivity index (χ0n) is 6.92. The number of carbonyl (C=O) groups excluding carboxylic acids is 1. The predicted octanol–water partition coefficient (Wildman–Crippen LogP) is 3.48. The minimum Gasteiger partial charge on any atom is -0.303 e. The molecular weight excluding hydrogens is 192 g/mol. The van der Waals surface area contributed by atoms with Crippen LogP contribution in [0.1, 0.15) is 30.6 Å². The Morgan fingerprint density at radius 1 is 1.67 bits per heavy atom. The lowest BCUT2D eigenvalue weighted by Crippen LogP contribution is -1.94. The predicted molar refractivity (Wildman–Crippen MR) is 53.0 cm³/mol. The molecule has 0 fully saturated rings. The molecule has 3 heteroatoms. The second-order valence-corrected chi connectivity index (χ2v) is 4.40. The molecule has 0 amide bonds. The van der Waals surface area contributed by atoms with Crippen molar-refractivity contribution >= 4 is 29.2 Å². The highest BCUT2D eigenvalue weighted by molar-refractivity contribution is 7.16. The Balaban J connectivity index is 2.72. The van der Waals surface area contributed by atoms with Crippen molar-refractivity contribution in [3.63, 3.8) is 0 Å². The first-order chi connectivity index (χ1) is 5.77. The third kappa shape index (κ3) is 2.32. The average Bonchev–Trinajstić information content (AvgIpc) is 2.47. The van der Waals surface area contributed by atoms with Gasteiger partial charge in [-0.15, -0.1) is 11.3 Å². The lowest BCUT2D eigenvalue weighted by atomic mass is 10.0. The van der Waals surface area contributed by atoms with Gasteiger partial charge in [-0.2, -0.15) is 0 Å². The quantitative estimate of drug-likeness (QED) is 0.684. The molecule has 0 N–H and O–H groups in total. The lowest BCUT2D eigenvalue weighted by Gasteiger charge is -2.07. The molecule has 0 saturated carbocycles. The molecule has 1 rings (SSSR count). The van der Waals surface area contributed by atoms with Gasteiger partial charge < -0.3 is 4.79 Å². The zero-order chi connectivity index (χ0) is 8.97.